The third-order valence-corrected chi connectivity index (χ3v) is 7.40. The molecule has 0 fully saturated rings. The molecule has 3 N–H and O–H groups in total. The Bertz CT molecular complexity index is 1050. The van der Waals surface area contributed by atoms with Crippen molar-refractivity contribution >= 4 is 5.97 Å². The number of aromatic carboxylic acids is 1. The van der Waals surface area contributed by atoms with E-state index in [0.29, 0.717) is 29.5 Å². The fraction of sp³-hybridized carbons (Fsp3) is 0.531. The SMILES string of the molecule is C=C(C)[C@@H]1CCC(C)=C[C@H]1c1c(O)c(C/C=C(\C)CCC=C(C)C)c(CCCCC)c(C(=O)O)c1O. The number of unbranched alkanes of at least 4 members (excludes halogenated alkanes) is 2. The van der Waals surface area contributed by atoms with Crippen molar-refractivity contribution in [1.29, 1.82) is 0 Å². The van der Waals surface area contributed by atoms with Gasteiger partial charge in [-0.25, -0.2) is 4.79 Å². The molecule has 0 saturated heterocycles. The molecule has 0 aliphatic heterocycles. The van der Waals surface area contributed by atoms with Crippen molar-refractivity contribution in [2.75, 3.05) is 0 Å². The molecule has 0 saturated carbocycles. The molecule has 0 aromatic heterocycles. The van der Waals surface area contributed by atoms with Gasteiger partial charge in [0.25, 0.3) is 0 Å². The molecule has 1 aliphatic carbocycles. The smallest absolute Gasteiger partial charge is 0.339 e. The average molecular weight is 495 g/mol. The summed E-state index contributed by atoms with van der Waals surface area (Å²) in [6.07, 6.45) is 13.8. The lowest BCUT2D eigenvalue weighted by Crippen LogP contribution is -2.19. The molecule has 36 heavy (non-hydrogen) atoms. The topological polar surface area (TPSA) is 77.8 Å². The van der Waals surface area contributed by atoms with E-state index in [2.05, 4.69) is 52.5 Å². The molecule has 0 heterocycles. The van der Waals surface area contributed by atoms with Gasteiger partial charge in [0.15, 0.2) is 0 Å². The molecule has 0 amide bonds. The highest BCUT2D eigenvalue weighted by atomic mass is 16.4. The predicted octanol–water partition coefficient (Wildman–Crippen LogP) is 8.78. The lowest BCUT2D eigenvalue weighted by Gasteiger charge is -2.32. The van der Waals surface area contributed by atoms with E-state index in [9.17, 15) is 20.1 Å². The first-order valence-electron chi connectivity index (χ1n) is 13.4. The molecule has 1 aromatic rings. The minimum absolute atomic E-state index is 0.0345. The number of rotatable bonds is 12. The number of benzene rings is 1. The van der Waals surface area contributed by atoms with E-state index in [1.165, 1.54) is 16.7 Å². The third-order valence-electron chi connectivity index (χ3n) is 7.40. The molecule has 0 radical (unpaired) electrons. The van der Waals surface area contributed by atoms with Gasteiger partial charge in [-0.1, -0.05) is 66.9 Å². The summed E-state index contributed by atoms with van der Waals surface area (Å²) in [5, 5.41) is 33.2. The molecule has 4 heteroatoms. The summed E-state index contributed by atoms with van der Waals surface area (Å²) in [5.74, 6) is -1.66. The molecule has 198 valence electrons. The first-order valence-corrected chi connectivity index (χ1v) is 13.4. The maximum atomic E-state index is 12.5. The minimum Gasteiger partial charge on any atom is -0.507 e. The van der Waals surface area contributed by atoms with Gasteiger partial charge in [-0.05, 0) is 91.0 Å². The van der Waals surface area contributed by atoms with Crippen LogP contribution in [0.15, 0.2) is 47.1 Å². The average Bonchev–Trinajstić information content (AvgIpc) is 2.78. The lowest BCUT2D eigenvalue weighted by atomic mass is 9.72. The van der Waals surface area contributed by atoms with E-state index < -0.39 is 5.97 Å². The Morgan fingerprint density at radius 1 is 1.08 bits per heavy atom. The van der Waals surface area contributed by atoms with Crippen LogP contribution in [0.3, 0.4) is 0 Å². The summed E-state index contributed by atoms with van der Waals surface area (Å²) >= 11 is 0. The molecular weight excluding hydrogens is 448 g/mol. The summed E-state index contributed by atoms with van der Waals surface area (Å²) in [5.41, 5.74) is 6.12. The van der Waals surface area contributed by atoms with Crippen LogP contribution < -0.4 is 0 Å². The fourth-order valence-corrected chi connectivity index (χ4v) is 5.31. The van der Waals surface area contributed by atoms with Crippen molar-refractivity contribution in [3.8, 4) is 11.5 Å². The van der Waals surface area contributed by atoms with Crippen molar-refractivity contribution in [1.82, 2.24) is 0 Å². The number of hydrogen-bond acceptors (Lipinski definition) is 3. The first-order chi connectivity index (χ1) is 17.0. The van der Waals surface area contributed by atoms with Crippen molar-refractivity contribution in [2.24, 2.45) is 5.92 Å². The Labute approximate surface area is 218 Å². The van der Waals surface area contributed by atoms with Gasteiger partial charge < -0.3 is 15.3 Å². The van der Waals surface area contributed by atoms with Crippen molar-refractivity contribution in [3.63, 3.8) is 0 Å². The quantitative estimate of drug-likeness (QED) is 0.200. The molecule has 4 nitrogen and oxygen atoms in total. The minimum atomic E-state index is -1.14. The Morgan fingerprint density at radius 3 is 2.36 bits per heavy atom. The summed E-state index contributed by atoms with van der Waals surface area (Å²) in [6, 6.07) is 0. The summed E-state index contributed by atoms with van der Waals surface area (Å²) < 4.78 is 0. The largest absolute Gasteiger partial charge is 0.507 e. The van der Waals surface area contributed by atoms with Crippen molar-refractivity contribution in [2.45, 2.75) is 105 Å². The van der Waals surface area contributed by atoms with E-state index in [1.54, 1.807) is 0 Å². The number of phenols is 2. The molecule has 0 unspecified atom stereocenters. The Morgan fingerprint density at radius 2 is 1.78 bits per heavy atom. The molecule has 2 atom stereocenters. The monoisotopic (exact) mass is 494 g/mol. The van der Waals surface area contributed by atoms with Gasteiger partial charge in [-0.2, -0.15) is 0 Å². The van der Waals surface area contributed by atoms with Gasteiger partial charge in [-0.3, -0.25) is 0 Å². The standard InChI is InChI=1S/C32H46O4/c1-8-9-10-14-25-26(18-15-22(6)13-11-12-20(2)3)30(33)28(31(34)29(25)32(35)36)27-19-23(7)16-17-24(27)21(4)5/h12,15,19,24,27,33-34H,4,8-11,13-14,16-18H2,1-3,5-7H3,(H,35,36)/b22-15+/t24-,27+/m0/s1. The highest BCUT2D eigenvalue weighted by molar-refractivity contribution is 5.94. The highest BCUT2D eigenvalue weighted by Crippen LogP contribution is 2.50. The van der Waals surface area contributed by atoms with Gasteiger partial charge in [0.05, 0.1) is 0 Å². The molecule has 1 aromatic carbocycles. The number of carboxylic acids is 1. The number of carboxylic acid groups (broad SMARTS) is 1. The summed E-state index contributed by atoms with van der Waals surface area (Å²) in [4.78, 5) is 12.5. The number of carbonyl (C=O) groups is 1. The molecule has 0 bridgehead atoms. The zero-order valence-corrected chi connectivity index (χ0v) is 23.2. The van der Waals surface area contributed by atoms with Gasteiger partial charge in [-0.15, -0.1) is 0 Å². The Balaban J connectivity index is 2.71. The normalized spacial score (nSPS) is 18.1. The van der Waals surface area contributed by atoms with Crippen LogP contribution in [0.2, 0.25) is 0 Å². The lowest BCUT2D eigenvalue weighted by molar-refractivity contribution is 0.0692. The van der Waals surface area contributed by atoms with E-state index in [0.717, 1.165) is 50.5 Å². The summed E-state index contributed by atoms with van der Waals surface area (Å²) in [6.45, 7) is 16.5. The molecular formula is C32H46O4. The molecule has 2 rings (SSSR count). The predicted molar refractivity (Wildman–Crippen MR) is 150 cm³/mol. The summed E-state index contributed by atoms with van der Waals surface area (Å²) in [7, 11) is 0. The first kappa shape index (κ1) is 29.5. The third kappa shape index (κ3) is 7.38. The second-order valence-electron chi connectivity index (χ2n) is 10.8. The zero-order valence-electron chi connectivity index (χ0n) is 23.2. The second-order valence-corrected chi connectivity index (χ2v) is 10.8. The second kappa shape index (κ2) is 13.5. The zero-order chi connectivity index (χ0) is 27.0. The van der Waals surface area contributed by atoms with Gasteiger partial charge in [0, 0.05) is 17.0 Å². The highest BCUT2D eigenvalue weighted by Gasteiger charge is 2.35. The Hall–Kier alpha value is -2.75. The van der Waals surface area contributed by atoms with Crippen LogP contribution in [-0.4, -0.2) is 21.3 Å². The number of allylic oxidation sites excluding steroid dienone is 7. The van der Waals surface area contributed by atoms with E-state index in [4.69, 9.17) is 0 Å². The van der Waals surface area contributed by atoms with Crippen LogP contribution in [0.1, 0.15) is 119 Å². The number of aromatic hydroxyl groups is 2. The van der Waals surface area contributed by atoms with Crippen LogP contribution in [-0.2, 0) is 12.8 Å². The number of hydrogen-bond donors (Lipinski definition) is 3. The van der Waals surface area contributed by atoms with Crippen LogP contribution in [0.5, 0.6) is 11.5 Å². The van der Waals surface area contributed by atoms with Crippen LogP contribution in [0, 0.1) is 5.92 Å². The van der Waals surface area contributed by atoms with Crippen molar-refractivity contribution in [3.05, 3.63) is 69.4 Å². The van der Waals surface area contributed by atoms with Gasteiger partial charge in [0.2, 0.25) is 0 Å². The Kier molecular flexibility index (Phi) is 11.1. The molecule has 1 aliphatic rings. The van der Waals surface area contributed by atoms with Crippen LogP contribution >= 0.6 is 0 Å². The van der Waals surface area contributed by atoms with Crippen LogP contribution in [0.25, 0.3) is 0 Å². The van der Waals surface area contributed by atoms with E-state index in [-0.39, 0.29) is 28.9 Å². The van der Waals surface area contributed by atoms with E-state index >= 15 is 0 Å². The maximum Gasteiger partial charge on any atom is 0.339 e. The number of phenolic OH excluding ortho intramolecular Hbond substituents is 1. The fourth-order valence-electron chi connectivity index (χ4n) is 5.31. The van der Waals surface area contributed by atoms with Crippen molar-refractivity contribution < 1.29 is 20.1 Å². The molecule has 0 spiro atoms. The van der Waals surface area contributed by atoms with Gasteiger partial charge in [0.1, 0.15) is 17.1 Å². The van der Waals surface area contributed by atoms with Crippen LogP contribution in [0.4, 0.5) is 0 Å². The van der Waals surface area contributed by atoms with Gasteiger partial charge >= 0.3 is 5.97 Å². The maximum absolute atomic E-state index is 12.5. The van der Waals surface area contributed by atoms with E-state index in [1.807, 2.05) is 13.8 Å².